The SMILES string of the molecule is CC(CSc1nc2cc(Cl)c(N3CCNCC3)cc2[nH]1)N1CCOCC1.Cl.Cl.Cl. The summed E-state index contributed by atoms with van der Waals surface area (Å²) in [6.45, 7) is 9.96. The van der Waals surface area contributed by atoms with Crippen LogP contribution in [0, 0.1) is 0 Å². The fourth-order valence-electron chi connectivity index (χ4n) is 3.54. The molecule has 0 spiro atoms. The van der Waals surface area contributed by atoms with Gasteiger partial charge in [0.2, 0.25) is 0 Å². The number of fused-ring (bicyclic) bond motifs is 1. The minimum absolute atomic E-state index is 0. The van der Waals surface area contributed by atoms with E-state index in [4.69, 9.17) is 21.3 Å². The molecule has 0 aliphatic carbocycles. The minimum Gasteiger partial charge on any atom is -0.379 e. The van der Waals surface area contributed by atoms with Gasteiger partial charge in [-0.25, -0.2) is 4.98 Å². The Kier molecular flexibility index (Phi) is 11.8. The topological polar surface area (TPSA) is 56.4 Å². The van der Waals surface area contributed by atoms with Gasteiger partial charge >= 0.3 is 0 Å². The molecule has 2 aliphatic heterocycles. The number of rotatable bonds is 5. The Balaban J connectivity index is 0.00000140. The van der Waals surface area contributed by atoms with Crippen LogP contribution in [0.5, 0.6) is 0 Å². The van der Waals surface area contributed by atoms with Gasteiger partial charge in [-0.3, -0.25) is 4.90 Å². The molecular weight excluding hydrogens is 476 g/mol. The third kappa shape index (κ3) is 6.68. The maximum atomic E-state index is 6.53. The van der Waals surface area contributed by atoms with Gasteiger partial charge in [0.25, 0.3) is 0 Å². The molecule has 6 nitrogen and oxygen atoms in total. The molecule has 0 radical (unpaired) electrons. The van der Waals surface area contributed by atoms with Gasteiger partial charge < -0.3 is 19.9 Å². The van der Waals surface area contributed by atoms with E-state index in [-0.39, 0.29) is 37.2 Å². The highest BCUT2D eigenvalue weighted by Gasteiger charge is 2.19. The van der Waals surface area contributed by atoms with E-state index in [9.17, 15) is 0 Å². The summed E-state index contributed by atoms with van der Waals surface area (Å²) in [5.41, 5.74) is 3.10. The molecule has 0 bridgehead atoms. The fraction of sp³-hybridized carbons (Fsp3) is 0.611. The van der Waals surface area contributed by atoms with Crippen molar-refractivity contribution in [3.05, 3.63) is 17.2 Å². The Bertz CT molecular complexity index is 753. The first-order chi connectivity index (χ1) is 12.7. The smallest absolute Gasteiger partial charge is 0.166 e. The monoisotopic (exact) mass is 503 g/mol. The number of nitrogens with zero attached hydrogens (tertiary/aromatic N) is 3. The third-order valence-corrected chi connectivity index (χ3v) is 6.54. The van der Waals surface area contributed by atoms with Crippen LogP contribution in [0.2, 0.25) is 5.02 Å². The number of ether oxygens (including phenoxy) is 1. The molecule has 2 N–H and O–H groups in total. The number of imidazole rings is 1. The lowest BCUT2D eigenvalue weighted by atomic mass is 10.2. The number of anilines is 1. The summed E-state index contributed by atoms with van der Waals surface area (Å²) in [5.74, 6) is 1.01. The Morgan fingerprint density at radius 3 is 2.52 bits per heavy atom. The van der Waals surface area contributed by atoms with Gasteiger partial charge in [0, 0.05) is 51.1 Å². The number of aromatic nitrogens is 2. The summed E-state index contributed by atoms with van der Waals surface area (Å²) in [6.07, 6.45) is 0. The summed E-state index contributed by atoms with van der Waals surface area (Å²) >= 11 is 8.31. The second-order valence-electron chi connectivity index (χ2n) is 6.91. The van der Waals surface area contributed by atoms with Crippen molar-refractivity contribution in [3.63, 3.8) is 0 Å². The molecule has 2 saturated heterocycles. The zero-order valence-corrected chi connectivity index (χ0v) is 20.4. The number of nitrogens with one attached hydrogen (secondary N) is 2. The molecule has 1 aromatic carbocycles. The zero-order valence-electron chi connectivity index (χ0n) is 16.4. The number of piperazine rings is 1. The van der Waals surface area contributed by atoms with Crippen LogP contribution < -0.4 is 10.2 Å². The number of halogens is 4. The van der Waals surface area contributed by atoms with Crippen molar-refractivity contribution in [2.45, 2.75) is 18.1 Å². The quantitative estimate of drug-likeness (QED) is 0.605. The van der Waals surface area contributed by atoms with Gasteiger partial charge in [-0.2, -0.15) is 0 Å². The standard InChI is InChI=1S/C18H26ClN5OS.3ClH/c1-13(23-6-8-25-9-7-23)12-26-18-21-15-10-14(19)17(11-16(15)22-18)24-4-2-20-3-5-24;;;/h10-11,13,20H,2-9,12H2,1H3,(H,21,22);3*1H. The minimum atomic E-state index is 0. The van der Waals surface area contributed by atoms with Crippen molar-refractivity contribution < 1.29 is 4.74 Å². The van der Waals surface area contributed by atoms with Gasteiger partial charge in [0.1, 0.15) is 0 Å². The summed E-state index contributed by atoms with van der Waals surface area (Å²) in [7, 11) is 0. The molecular formula is C18H29Cl4N5OS. The lowest BCUT2D eigenvalue weighted by molar-refractivity contribution is 0.0246. The first kappa shape index (κ1) is 26.9. The van der Waals surface area contributed by atoms with Crippen molar-refractivity contribution in [2.24, 2.45) is 0 Å². The van der Waals surface area contributed by atoms with Crippen LogP contribution >= 0.6 is 60.6 Å². The Hall–Kier alpha value is -0.120. The predicted octanol–water partition coefficient (Wildman–Crippen LogP) is 3.70. The van der Waals surface area contributed by atoms with Crippen LogP contribution in [0.15, 0.2) is 17.3 Å². The van der Waals surface area contributed by atoms with Crippen molar-refractivity contribution in [1.82, 2.24) is 20.2 Å². The van der Waals surface area contributed by atoms with E-state index in [1.54, 1.807) is 11.8 Å². The maximum absolute atomic E-state index is 6.53. The van der Waals surface area contributed by atoms with Crippen LogP contribution in [-0.2, 0) is 4.74 Å². The van der Waals surface area contributed by atoms with E-state index >= 15 is 0 Å². The average molecular weight is 505 g/mol. The number of benzene rings is 1. The maximum Gasteiger partial charge on any atom is 0.166 e. The van der Waals surface area contributed by atoms with E-state index in [0.29, 0.717) is 6.04 Å². The fourth-order valence-corrected chi connectivity index (χ4v) is 4.77. The molecule has 29 heavy (non-hydrogen) atoms. The van der Waals surface area contributed by atoms with E-state index < -0.39 is 0 Å². The highest BCUT2D eigenvalue weighted by molar-refractivity contribution is 7.99. The van der Waals surface area contributed by atoms with E-state index in [1.165, 1.54) is 0 Å². The van der Waals surface area contributed by atoms with Crippen LogP contribution in [0.25, 0.3) is 11.0 Å². The summed E-state index contributed by atoms with van der Waals surface area (Å²) in [5, 5.41) is 5.13. The number of thioether (sulfide) groups is 1. The first-order valence-electron chi connectivity index (χ1n) is 9.30. The number of hydrogen-bond donors (Lipinski definition) is 2. The van der Waals surface area contributed by atoms with Gasteiger partial charge in [0.15, 0.2) is 5.16 Å². The van der Waals surface area contributed by atoms with Crippen LogP contribution in [0.4, 0.5) is 5.69 Å². The van der Waals surface area contributed by atoms with Crippen LogP contribution in [0.3, 0.4) is 0 Å². The van der Waals surface area contributed by atoms with E-state index in [0.717, 1.165) is 85.1 Å². The molecule has 1 aromatic heterocycles. The van der Waals surface area contributed by atoms with Gasteiger partial charge in [-0.05, 0) is 19.1 Å². The number of H-pyrrole nitrogens is 1. The summed E-state index contributed by atoms with van der Waals surface area (Å²) in [4.78, 5) is 13.0. The molecule has 0 amide bonds. The lowest BCUT2D eigenvalue weighted by Gasteiger charge is -2.31. The van der Waals surface area contributed by atoms with E-state index in [2.05, 4.69) is 33.1 Å². The van der Waals surface area contributed by atoms with Gasteiger partial charge in [-0.15, -0.1) is 37.2 Å². The lowest BCUT2D eigenvalue weighted by Crippen LogP contribution is -2.43. The van der Waals surface area contributed by atoms with E-state index in [1.807, 2.05) is 6.07 Å². The second kappa shape index (κ2) is 12.7. The molecule has 1 unspecified atom stereocenters. The highest BCUT2D eigenvalue weighted by Crippen LogP contribution is 2.32. The zero-order chi connectivity index (χ0) is 17.9. The Morgan fingerprint density at radius 2 is 1.83 bits per heavy atom. The Labute approximate surface area is 200 Å². The second-order valence-corrected chi connectivity index (χ2v) is 8.32. The molecule has 2 aliphatic rings. The Morgan fingerprint density at radius 1 is 1.14 bits per heavy atom. The van der Waals surface area contributed by atoms with Crippen LogP contribution in [-0.4, -0.2) is 79.1 Å². The molecule has 166 valence electrons. The first-order valence-corrected chi connectivity index (χ1v) is 10.7. The van der Waals surface area contributed by atoms with Crippen molar-refractivity contribution >= 4 is 77.3 Å². The third-order valence-electron chi connectivity index (χ3n) is 5.12. The molecule has 3 heterocycles. The number of hydrogen-bond acceptors (Lipinski definition) is 6. The largest absolute Gasteiger partial charge is 0.379 e. The summed E-state index contributed by atoms with van der Waals surface area (Å²) < 4.78 is 5.44. The normalized spacial score (nSPS) is 18.5. The van der Waals surface area contributed by atoms with Crippen LogP contribution in [0.1, 0.15) is 6.92 Å². The van der Waals surface area contributed by atoms with Crippen molar-refractivity contribution in [2.75, 3.05) is 63.1 Å². The molecule has 4 rings (SSSR count). The summed E-state index contributed by atoms with van der Waals surface area (Å²) in [6, 6.07) is 4.64. The van der Waals surface area contributed by atoms with Gasteiger partial charge in [-0.1, -0.05) is 23.4 Å². The average Bonchev–Trinajstić information content (AvgIpc) is 3.08. The molecule has 11 heteroatoms. The number of morpholine rings is 1. The molecule has 0 saturated carbocycles. The van der Waals surface area contributed by atoms with Crippen molar-refractivity contribution in [3.8, 4) is 0 Å². The molecule has 1 atom stereocenters. The molecule has 2 aromatic rings. The van der Waals surface area contributed by atoms with Gasteiger partial charge in [0.05, 0.1) is 35.0 Å². The predicted molar refractivity (Wildman–Crippen MR) is 131 cm³/mol. The number of aromatic amines is 1. The highest BCUT2D eigenvalue weighted by atomic mass is 35.5. The van der Waals surface area contributed by atoms with Crippen molar-refractivity contribution in [1.29, 1.82) is 0 Å². The molecule has 2 fully saturated rings.